The van der Waals surface area contributed by atoms with Crippen molar-refractivity contribution >= 4 is 34.1 Å². The third-order valence-electron chi connectivity index (χ3n) is 5.52. The fourth-order valence-electron chi connectivity index (χ4n) is 3.90. The molecule has 1 N–H and O–H groups in total. The second kappa shape index (κ2) is 8.95. The van der Waals surface area contributed by atoms with Gasteiger partial charge in [-0.2, -0.15) is 0 Å². The normalized spacial score (nSPS) is 17.7. The SMILES string of the molecule is CCc1ccc(NC(=O)CSC2=NC3(CCCCC3)N=C2c2ccccc2)cc1. The van der Waals surface area contributed by atoms with E-state index in [9.17, 15) is 4.79 Å². The summed E-state index contributed by atoms with van der Waals surface area (Å²) in [5, 5.41) is 3.89. The van der Waals surface area contributed by atoms with Crippen LogP contribution in [0.1, 0.15) is 50.2 Å². The second-order valence-corrected chi connectivity index (χ2v) is 8.64. The van der Waals surface area contributed by atoms with Crippen LogP contribution in [0.5, 0.6) is 0 Å². The number of rotatable bonds is 5. The van der Waals surface area contributed by atoms with E-state index in [1.807, 2.05) is 30.3 Å². The largest absolute Gasteiger partial charge is 0.325 e. The van der Waals surface area contributed by atoms with Crippen molar-refractivity contribution in [3.8, 4) is 0 Å². The lowest BCUT2D eigenvalue weighted by molar-refractivity contribution is -0.113. The van der Waals surface area contributed by atoms with Crippen molar-refractivity contribution in [1.29, 1.82) is 0 Å². The Morgan fingerprint density at radius 3 is 2.41 bits per heavy atom. The molecule has 29 heavy (non-hydrogen) atoms. The number of amides is 1. The molecule has 0 saturated heterocycles. The van der Waals surface area contributed by atoms with Gasteiger partial charge in [0.05, 0.1) is 11.5 Å². The van der Waals surface area contributed by atoms with Gasteiger partial charge in [0.1, 0.15) is 5.04 Å². The van der Waals surface area contributed by atoms with Crippen molar-refractivity contribution in [2.75, 3.05) is 11.1 Å². The van der Waals surface area contributed by atoms with Crippen molar-refractivity contribution in [2.24, 2.45) is 9.98 Å². The summed E-state index contributed by atoms with van der Waals surface area (Å²) in [7, 11) is 0. The summed E-state index contributed by atoms with van der Waals surface area (Å²) in [5.41, 5.74) is 3.81. The number of nitrogens with zero attached hydrogens (tertiary/aromatic N) is 2. The Morgan fingerprint density at radius 1 is 1.00 bits per heavy atom. The van der Waals surface area contributed by atoms with Crippen LogP contribution in [-0.4, -0.2) is 28.1 Å². The lowest BCUT2D eigenvalue weighted by Crippen LogP contribution is -2.25. The van der Waals surface area contributed by atoms with Crippen LogP contribution < -0.4 is 5.32 Å². The van der Waals surface area contributed by atoms with Crippen LogP contribution in [0.15, 0.2) is 64.6 Å². The predicted octanol–water partition coefficient (Wildman–Crippen LogP) is 5.48. The first kappa shape index (κ1) is 19.9. The highest BCUT2D eigenvalue weighted by atomic mass is 32.2. The van der Waals surface area contributed by atoms with Crippen molar-refractivity contribution in [3.63, 3.8) is 0 Å². The number of aliphatic imine (C=N–C) groups is 2. The van der Waals surface area contributed by atoms with E-state index >= 15 is 0 Å². The summed E-state index contributed by atoms with van der Waals surface area (Å²) >= 11 is 1.50. The molecule has 1 aliphatic carbocycles. The zero-order valence-electron chi connectivity index (χ0n) is 16.9. The highest BCUT2D eigenvalue weighted by molar-refractivity contribution is 8.16. The molecular weight excluding hydrogens is 378 g/mol. The van der Waals surface area contributed by atoms with Gasteiger partial charge >= 0.3 is 0 Å². The maximum absolute atomic E-state index is 12.5. The maximum Gasteiger partial charge on any atom is 0.234 e. The van der Waals surface area contributed by atoms with Crippen LogP contribution in [0.2, 0.25) is 0 Å². The Balaban J connectivity index is 1.46. The maximum atomic E-state index is 12.5. The number of anilines is 1. The molecule has 1 spiro atoms. The summed E-state index contributed by atoms with van der Waals surface area (Å²) in [5.74, 6) is 0.315. The lowest BCUT2D eigenvalue weighted by Gasteiger charge is -2.27. The van der Waals surface area contributed by atoms with E-state index < -0.39 is 0 Å². The molecule has 0 unspecified atom stereocenters. The van der Waals surface area contributed by atoms with Gasteiger partial charge in [-0.3, -0.25) is 9.79 Å². The Kier molecular flexibility index (Phi) is 6.14. The van der Waals surface area contributed by atoms with Crippen molar-refractivity contribution < 1.29 is 4.79 Å². The number of hydrogen-bond acceptors (Lipinski definition) is 4. The molecule has 0 radical (unpaired) electrons. The van der Waals surface area contributed by atoms with Gasteiger partial charge in [0.2, 0.25) is 5.91 Å². The van der Waals surface area contributed by atoms with Gasteiger partial charge in [-0.05, 0) is 49.8 Å². The number of hydrogen-bond donors (Lipinski definition) is 1. The number of carbonyl (C=O) groups excluding carboxylic acids is 1. The summed E-state index contributed by atoms with van der Waals surface area (Å²) in [6.45, 7) is 2.12. The first-order valence-electron chi connectivity index (χ1n) is 10.4. The summed E-state index contributed by atoms with van der Waals surface area (Å²) in [6.07, 6.45) is 6.59. The molecule has 0 aromatic heterocycles. The van der Waals surface area contributed by atoms with Crippen LogP contribution in [0.4, 0.5) is 5.69 Å². The topological polar surface area (TPSA) is 53.8 Å². The zero-order chi connectivity index (χ0) is 20.1. The molecule has 5 heteroatoms. The molecule has 2 aromatic rings. The van der Waals surface area contributed by atoms with Gasteiger partial charge in [-0.1, -0.05) is 67.6 Å². The van der Waals surface area contributed by atoms with Crippen LogP contribution >= 0.6 is 11.8 Å². The summed E-state index contributed by atoms with van der Waals surface area (Å²) in [4.78, 5) is 22.6. The van der Waals surface area contributed by atoms with Crippen LogP contribution in [0.25, 0.3) is 0 Å². The van der Waals surface area contributed by atoms with E-state index in [1.54, 1.807) is 0 Å². The van der Waals surface area contributed by atoms with Crippen LogP contribution in [0.3, 0.4) is 0 Å². The molecule has 2 aromatic carbocycles. The van der Waals surface area contributed by atoms with Gasteiger partial charge in [0, 0.05) is 11.3 Å². The van der Waals surface area contributed by atoms with Gasteiger partial charge in [-0.15, -0.1) is 0 Å². The molecule has 1 fully saturated rings. The molecule has 1 saturated carbocycles. The monoisotopic (exact) mass is 405 g/mol. The smallest absolute Gasteiger partial charge is 0.234 e. The average molecular weight is 406 g/mol. The number of benzene rings is 2. The van der Waals surface area contributed by atoms with E-state index in [-0.39, 0.29) is 11.6 Å². The van der Waals surface area contributed by atoms with Crippen molar-refractivity contribution in [1.82, 2.24) is 0 Å². The molecule has 4 nitrogen and oxygen atoms in total. The van der Waals surface area contributed by atoms with Gasteiger partial charge in [0.15, 0.2) is 5.66 Å². The summed E-state index contributed by atoms with van der Waals surface area (Å²) < 4.78 is 0. The third kappa shape index (κ3) is 4.78. The molecule has 150 valence electrons. The van der Waals surface area contributed by atoms with E-state index in [4.69, 9.17) is 9.98 Å². The molecule has 1 heterocycles. The molecule has 1 aliphatic heterocycles. The summed E-state index contributed by atoms with van der Waals surface area (Å²) in [6, 6.07) is 18.2. The first-order chi connectivity index (χ1) is 14.2. The fourth-order valence-corrected chi connectivity index (χ4v) is 4.78. The van der Waals surface area contributed by atoms with Gasteiger partial charge < -0.3 is 5.32 Å². The zero-order valence-corrected chi connectivity index (χ0v) is 17.7. The number of aryl methyl sites for hydroxylation is 1. The predicted molar refractivity (Wildman–Crippen MR) is 123 cm³/mol. The minimum absolute atomic E-state index is 0.0149. The van der Waals surface area contributed by atoms with Gasteiger partial charge in [-0.25, -0.2) is 4.99 Å². The Hall–Kier alpha value is -2.40. The molecule has 2 aliphatic rings. The second-order valence-electron chi connectivity index (χ2n) is 7.67. The minimum atomic E-state index is -0.307. The molecule has 4 rings (SSSR count). The molecular formula is C24H27N3OS. The van der Waals surface area contributed by atoms with E-state index in [2.05, 4.69) is 36.5 Å². The Labute approximate surface area is 176 Å². The van der Waals surface area contributed by atoms with Gasteiger partial charge in [0.25, 0.3) is 0 Å². The van der Waals surface area contributed by atoms with E-state index in [0.29, 0.717) is 5.75 Å². The highest BCUT2D eigenvalue weighted by Gasteiger charge is 2.37. The van der Waals surface area contributed by atoms with Crippen molar-refractivity contribution in [2.45, 2.75) is 51.1 Å². The Morgan fingerprint density at radius 2 is 1.72 bits per heavy atom. The molecule has 0 bridgehead atoms. The lowest BCUT2D eigenvalue weighted by atomic mass is 9.90. The average Bonchev–Trinajstić information content (AvgIpc) is 3.11. The quantitative estimate of drug-likeness (QED) is 0.716. The minimum Gasteiger partial charge on any atom is -0.325 e. The highest BCUT2D eigenvalue weighted by Crippen LogP contribution is 2.38. The Bertz CT molecular complexity index is 913. The van der Waals surface area contributed by atoms with Crippen molar-refractivity contribution in [3.05, 3.63) is 65.7 Å². The first-order valence-corrected chi connectivity index (χ1v) is 11.4. The molecule has 1 amide bonds. The van der Waals surface area contributed by atoms with E-state index in [0.717, 1.165) is 41.3 Å². The van der Waals surface area contributed by atoms with E-state index in [1.165, 1.54) is 36.6 Å². The number of thioether (sulfide) groups is 1. The number of carbonyl (C=O) groups is 1. The number of nitrogens with one attached hydrogen (secondary N) is 1. The third-order valence-corrected chi connectivity index (χ3v) is 6.48. The molecule has 0 atom stereocenters. The fraction of sp³-hybridized carbons (Fsp3) is 0.375. The van der Waals surface area contributed by atoms with Crippen LogP contribution in [-0.2, 0) is 11.2 Å². The standard InChI is InChI=1S/C24H27N3OS/c1-2-18-11-13-20(14-12-18)25-21(28)17-29-23-22(19-9-5-3-6-10-19)26-24(27-23)15-7-4-8-16-24/h3,5-6,9-14H,2,4,7-8,15-17H2,1H3,(H,25,28). The van der Waals surface area contributed by atoms with Crippen LogP contribution in [0, 0.1) is 0 Å².